The Labute approximate surface area is 84.0 Å². The van der Waals surface area contributed by atoms with E-state index in [1.807, 2.05) is 0 Å². The SMILES string of the molecule is c1n[nH]cc1Nc1ncc2cn[nH]c2n1. The van der Waals surface area contributed by atoms with Crippen LogP contribution >= 0.6 is 0 Å². The second-order valence-corrected chi connectivity index (χ2v) is 2.98. The van der Waals surface area contributed by atoms with E-state index in [0.717, 1.165) is 11.1 Å². The zero-order valence-electron chi connectivity index (χ0n) is 7.60. The highest BCUT2D eigenvalue weighted by molar-refractivity contribution is 5.74. The molecule has 74 valence electrons. The molecule has 0 saturated heterocycles. The largest absolute Gasteiger partial charge is 0.321 e. The Hall–Kier alpha value is -2.44. The van der Waals surface area contributed by atoms with Gasteiger partial charge in [-0.1, -0.05) is 0 Å². The number of nitrogens with zero attached hydrogens (tertiary/aromatic N) is 4. The van der Waals surface area contributed by atoms with Gasteiger partial charge in [-0.25, -0.2) is 4.98 Å². The molecule has 0 amide bonds. The van der Waals surface area contributed by atoms with Gasteiger partial charge in [0.05, 0.1) is 23.5 Å². The van der Waals surface area contributed by atoms with Crippen LogP contribution < -0.4 is 5.32 Å². The van der Waals surface area contributed by atoms with Gasteiger partial charge in [-0.3, -0.25) is 10.2 Å². The number of H-pyrrole nitrogens is 2. The summed E-state index contributed by atoms with van der Waals surface area (Å²) in [6.45, 7) is 0. The van der Waals surface area contributed by atoms with Gasteiger partial charge in [-0.15, -0.1) is 0 Å². The lowest BCUT2D eigenvalue weighted by Crippen LogP contribution is -1.95. The van der Waals surface area contributed by atoms with E-state index in [9.17, 15) is 0 Å². The monoisotopic (exact) mass is 201 g/mol. The lowest BCUT2D eigenvalue weighted by Gasteiger charge is -1.99. The van der Waals surface area contributed by atoms with Crippen molar-refractivity contribution < 1.29 is 0 Å². The van der Waals surface area contributed by atoms with Crippen molar-refractivity contribution in [2.75, 3.05) is 5.32 Å². The van der Waals surface area contributed by atoms with Crippen LogP contribution in [0.2, 0.25) is 0 Å². The molecule has 0 aliphatic carbocycles. The summed E-state index contributed by atoms with van der Waals surface area (Å²) in [6.07, 6.45) is 6.76. The Bertz CT molecular complexity index is 567. The summed E-state index contributed by atoms with van der Waals surface area (Å²) in [5.41, 5.74) is 1.52. The van der Waals surface area contributed by atoms with Gasteiger partial charge in [-0.05, 0) is 0 Å². The van der Waals surface area contributed by atoms with Crippen LogP contribution in [0, 0.1) is 0 Å². The number of hydrogen-bond acceptors (Lipinski definition) is 5. The van der Waals surface area contributed by atoms with Crippen molar-refractivity contribution in [1.82, 2.24) is 30.4 Å². The maximum absolute atomic E-state index is 4.23. The molecular formula is C8H7N7. The van der Waals surface area contributed by atoms with Gasteiger partial charge in [0.15, 0.2) is 5.65 Å². The number of hydrogen-bond donors (Lipinski definition) is 3. The third-order valence-electron chi connectivity index (χ3n) is 1.95. The molecule has 7 heteroatoms. The quantitative estimate of drug-likeness (QED) is 0.570. The molecule has 0 aliphatic rings. The first-order chi connectivity index (χ1) is 7.42. The van der Waals surface area contributed by atoms with Gasteiger partial charge in [0, 0.05) is 12.4 Å². The average Bonchev–Trinajstić information content (AvgIpc) is 2.87. The van der Waals surface area contributed by atoms with Crippen molar-refractivity contribution in [3.8, 4) is 0 Å². The van der Waals surface area contributed by atoms with Crippen LogP contribution in [0.3, 0.4) is 0 Å². The van der Waals surface area contributed by atoms with E-state index < -0.39 is 0 Å². The summed E-state index contributed by atoms with van der Waals surface area (Å²) in [5.74, 6) is 0.508. The summed E-state index contributed by atoms with van der Waals surface area (Å²) < 4.78 is 0. The first kappa shape index (κ1) is 7.92. The third kappa shape index (κ3) is 1.39. The number of aromatic amines is 2. The zero-order chi connectivity index (χ0) is 10.1. The van der Waals surface area contributed by atoms with Crippen LogP contribution in [0.5, 0.6) is 0 Å². The summed E-state index contributed by atoms with van der Waals surface area (Å²) in [5, 5.41) is 17.0. The van der Waals surface area contributed by atoms with Gasteiger partial charge < -0.3 is 5.32 Å². The molecule has 3 N–H and O–H groups in total. The van der Waals surface area contributed by atoms with Crippen LogP contribution in [0.4, 0.5) is 11.6 Å². The fourth-order valence-electron chi connectivity index (χ4n) is 1.25. The van der Waals surface area contributed by atoms with Crippen molar-refractivity contribution in [1.29, 1.82) is 0 Å². The lowest BCUT2D eigenvalue weighted by atomic mass is 10.4. The number of rotatable bonds is 2. The molecule has 0 saturated carbocycles. The fourth-order valence-corrected chi connectivity index (χ4v) is 1.25. The highest BCUT2D eigenvalue weighted by Gasteiger charge is 2.01. The van der Waals surface area contributed by atoms with Crippen molar-refractivity contribution in [3.63, 3.8) is 0 Å². The second kappa shape index (κ2) is 3.05. The Balaban J connectivity index is 1.97. The molecular weight excluding hydrogens is 194 g/mol. The zero-order valence-corrected chi connectivity index (χ0v) is 7.60. The number of fused-ring (bicyclic) bond motifs is 1. The normalized spacial score (nSPS) is 10.7. The van der Waals surface area contributed by atoms with Crippen molar-refractivity contribution >= 4 is 22.7 Å². The topological polar surface area (TPSA) is 95.2 Å². The van der Waals surface area contributed by atoms with Crippen LogP contribution in [-0.4, -0.2) is 30.4 Å². The Kier molecular flexibility index (Phi) is 1.61. The minimum absolute atomic E-state index is 0.508. The summed E-state index contributed by atoms with van der Waals surface area (Å²) >= 11 is 0. The van der Waals surface area contributed by atoms with E-state index in [2.05, 4.69) is 35.7 Å². The highest BCUT2D eigenvalue weighted by Crippen LogP contribution is 2.12. The minimum atomic E-state index is 0.508. The number of nitrogens with one attached hydrogen (secondary N) is 3. The maximum atomic E-state index is 4.23. The summed E-state index contributed by atoms with van der Waals surface area (Å²) in [6, 6.07) is 0. The number of aromatic nitrogens is 6. The Morgan fingerprint density at radius 2 is 2.13 bits per heavy atom. The fraction of sp³-hybridized carbons (Fsp3) is 0. The van der Waals surface area contributed by atoms with Crippen molar-refractivity contribution in [3.05, 3.63) is 24.8 Å². The van der Waals surface area contributed by atoms with E-state index in [4.69, 9.17) is 0 Å². The Morgan fingerprint density at radius 1 is 1.13 bits per heavy atom. The molecule has 3 aromatic heterocycles. The Morgan fingerprint density at radius 3 is 3.00 bits per heavy atom. The van der Waals surface area contributed by atoms with E-state index >= 15 is 0 Å². The summed E-state index contributed by atoms with van der Waals surface area (Å²) in [4.78, 5) is 8.36. The van der Waals surface area contributed by atoms with Crippen LogP contribution in [-0.2, 0) is 0 Å². The first-order valence-corrected chi connectivity index (χ1v) is 4.34. The standard InChI is InChI=1S/C8H7N7/c1-5-2-12-15-7(5)14-8(9-1)13-6-3-10-11-4-6/h1-4H,(H,10,11)(H2,9,12,13,14,15). The lowest BCUT2D eigenvalue weighted by molar-refractivity contribution is 1.09. The molecule has 0 atom stereocenters. The van der Waals surface area contributed by atoms with Crippen molar-refractivity contribution in [2.45, 2.75) is 0 Å². The molecule has 7 nitrogen and oxygen atoms in total. The van der Waals surface area contributed by atoms with Gasteiger partial charge >= 0.3 is 0 Å². The molecule has 0 aliphatic heterocycles. The molecule has 3 rings (SSSR count). The minimum Gasteiger partial charge on any atom is -0.321 e. The van der Waals surface area contributed by atoms with E-state index in [-0.39, 0.29) is 0 Å². The third-order valence-corrected chi connectivity index (χ3v) is 1.95. The van der Waals surface area contributed by atoms with Gasteiger partial charge in [0.25, 0.3) is 0 Å². The van der Waals surface area contributed by atoms with Gasteiger partial charge in [0.1, 0.15) is 0 Å². The number of anilines is 2. The van der Waals surface area contributed by atoms with E-state index in [1.54, 1.807) is 24.8 Å². The molecule has 0 bridgehead atoms. The highest BCUT2D eigenvalue weighted by atomic mass is 15.2. The van der Waals surface area contributed by atoms with Crippen LogP contribution in [0.25, 0.3) is 11.0 Å². The van der Waals surface area contributed by atoms with E-state index in [1.165, 1.54) is 0 Å². The molecule has 15 heavy (non-hydrogen) atoms. The predicted octanol–water partition coefficient (Wildman–Crippen LogP) is 0.820. The molecule has 0 unspecified atom stereocenters. The van der Waals surface area contributed by atoms with Gasteiger partial charge in [0.2, 0.25) is 5.95 Å². The summed E-state index contributed by atoms with van der Waals surface area (Å²) in [7, 11) is 0. The van der Waals surface area contributed by atoms with Gasteiger partial charge in [-0.2, -0.15) is 15.2 Å². The molecule has 0 spiro atoms. The average molecular weight is 201 g/mol. The molecule has 0 aromatic carbocycles. The predicted molar refractivity (Wildman–Crippen MR) is 53.6 cm³/mol. The van der Waals surface area contributed by atoms with E-state index in [0.29, 0.717) is 11.6 Å². The first-order valence-electron chi connectivity index (χ1n) is 4.34. The second-order valence-electron chi connectivity index (χ2n) is 2.98. The maximum Gasteiger partial charge on any atom is 0.229 e. The van der Waals surface area contributed by atoms with Crippen LogP contribution in [0.1, 0.15) is 0 Å². The van der Waals surface area contributed by atoms with Crippen molar-refractivity contribution in [2.24, 2.45) is 0 Å². The van der Waals surface area contributed by atoms with Crippen LogP contribution in [0.15, 0.2) is 24.8 Å². The molecule has 0 radical (unpaired) electrons. The molecule has 0 fully saturated rings. The smallest absolute Gasteiger partial charge is 0.229 e. The molecule has 3 heterocycles. The molecule has 3 aromatic rings.